The Morgan fingerprint density at radius 3 is 2.63 bits per heavy atom. The molecule has 1 amide bonds. The number of hydrogen-bond acceptors (Lipinski definition) is 3. The molecule has 2 heterocycles. The molecule has 0 spiro atoms. The number of nitrogens with zero attached hydrogens (tertiary/aromatic N) is 1. The number of halogens is 1. The molecule has 1 aromatic heterocycles. The van der Waals surface area contributed by atoms with Crippen LogP contribution < -0.4 is 10.6 Å². The van der Waals surface area contributed by atoms with E-state index < -0.39 is 6.04 Å². The molecule has 0 aliphatic carbocycles. The summed E-state index contributed by atoms with van der Waals surface area (Å²) >= 11 is 5.50. The van der Waals surface area contributed by atoms with Crippen LogP contribution in [0.3, 0.4) is 0 Å². The molecule has 1 unspecified atom stereocenters. The highest BCUT2D eigenvalue weighted by atomic mass is 35.5. The van der Waals surface area contributed by atoms with E-state index in [9.17, 15) is 9.59 Å². The summed E-state index contributed by atoms with van der Waals surface area (Å²) < 4.78 is 2.09. The summed E-state index contributed by atoms with van der Waals surface area (Å²) in [5, 5.41) is 6.07. The van der Waals surface area contributed by atoms with Crippen molar-refractivity contribution in [1.29, 1.82) is 0 Å². The minimum absolute atomic E-state index is 0.0260. The Bertz CT molecular complexity index is 995. The third kappa shape index (κ3) is 3.46. The predicted molar refractivity (Wildman–Crippen MR) is 106 cm³/mol. The Labute approximate surface area is 162 Å². The first-order valence-corrected chi connectivity index (χ1v) is 9.19. The van der Waals surface area contributed by atoms with Gasteiger partial charge in [-0.05, 0) is 48.0 Å². The predicted octanol–water partition coefficient (Wildman–Crippen LogP) is 4.06. The smallest absolute Gasteiger partial charge is 0.239 e. The van der Waals surface area contributed by atoms with Crippen LogP contribution in [0.1, 0.15) is 27.7 Å². The molecule has 5 nitrogen and oxygen atoms in total. The van der Waals surface area contributed by atoms with Crippen LogP contribution in [0.5, 0.6) is 0 Å². The lowest BCUT2D eigenvalue weighted by atomic mass is 10.0. The molecule has 1 aliphatic rings. The number of rotatable bonds is 4. The Morgan fingerprint density at radius 1 is 1.07 bits per heavy atom. The van der Waals surface area contributed by atoms with E-state index in [1.807, 2.05) is 36.5 Å². The van der Waals surface area contributed by atoms with E-state index in [2.05, 4.69) is 21.3 Å². The number of carbonyl (C=O) groups is 2. The lowest BCUT2D eigenvalue weighted by molar-refractivity contribution is -0.113. The second-order valence-corrected chi connectivity index (χ2v) is 6.69. The number of nitrogens with one attached hydrogen (secondary N) is 2. The standard InChI is InChI=1S/C21H18ClN3O2/c22-12-19(26)23-16-9-7-14(8-10-16)21(27)20-18-6-3-11-25(18)13-15-4-1-2-5-17(15)24-20/h1-11,20,24H,12-13H2,(H,23,26). The Morgan fingerprint density at radius 2 is 1.85 bits per heavy atom. The molecule has 2 N–H and O–H groups in total. The second-order valence-electron chi connectivity index (χ2n) is 6.42. The number of ketones is 1. The number of fused-ring (bicyclic) bond motifs is 2. The number of carbonyl (C=O) groups excluding carboxylic acids is 2. The molecule has 0 fully saturated rings. The van der Waals surface area contributed by atoms with Gasteiger partial charge in [0.05, 0.1) is 0 Å². The average Bonchev–Trinajstić information content (AvgIpc) is 3.09. The van der Waals surface area contributed by atoms with Crippen molar-refractivity contribution in [3.05, 3.63) is 83.7 Å². The number of benzene rings is 2. The normalized spacial score (nSPS) is 15.1. The summed E-state index contributed by atoms with van der Waals surface area (Å²) in [5.41, 5.74) is 4.22. The van der Waals surface area contributed by atoms with Crippen LogP contribution in [0.4, 0.5) is 11.4 Å². The van der Waals surface area contributed by atoms with Gasteiger partial charge in [-0.3, -0.25) is 9.59 Å². The largest absolute Gasteiger partial charge is 0.370 e. The second kappa shape index (κ2) is 7.29. The maximum atomic E-state index is 13.2. The Balaban J connectivity index is 1.64. The van der Waals surface area contributed by atoms with Crippen LogP contribution in [0, 0.1) is 0 Å². The lowest BCUT2D eigenvalue weighted by Crippen LogP contribution is -2.22. The fourth-order valence-corrected chi connectivity index (χ4v) is 3.39. The summed E-state index contributed by atoms with van der Waals surface area (Å²) in [7, 11) is 0. The van der Waals surface area contributed by atoms with E-state index in [1.54, 1.807) is 24.3 Å². The highest BCUT2D eigenvalue weighted by Gasteiger charge is 2.27. The fourth-order valence-electron chi connectivity index (χ4n) is 3.32. The van der Waals surface area contributed by atoms with E-state index in [0.717, 1.165) is 23.5 Å². The van der Waals surface area contributed by atoms with Gasteiger partial charge in [0.15, 0.2) is 5.78 Å². The number of alkyl halides is 1. The monoisotopic (exact) mass is 379 g/mol. The number of para-hydroxylation sites is 1. The van der Waals surface area contributed by atoms with E-state index in [1.165, 1.54) is 0 Å². The summed E-state index contributed by atoms with van der Waals surface area (Å²) in [5.74, 6) is -0.416. The van der Waals surface area contributed by atoms with Crippen LogP contribution in [0.2, 0.25) is 0 Å². The van der Waals surface area contributed by atoms with Gasteiger partial charge in [0.1, 0.15) is 11.9 Å². The number of anilines is 2. The number of amides is 1. The Hall–Kier alpha value is -3.05. The van der Waals surface area contributed by atoms with Gasteiger partial charge in [-0.15, -0.1) is 11.6 Å². The van der Waals surface area contributed by atoms with E-state index in [4.69, 9.17) is 11.6 Å². The molecular weight excluding hydrogens is 362 g/mol. The lowest BCUT2D eigenvalue weighted by Gasteiger charge is -2.18. The molecule has 2 aromatic carbocycles. The first-order chi connectivity index (χ1) is 13.2. The highest BCUT2D eigenvalue weighted by molar-refractivity contribution is 6.29. The zero-order valence-electron chi connectivity index (χ0n) is 14.5. The zero-order valence-corrected chi connectivity index (χ0v) is 15.2. The molecule has 27 heavy (non-hydrogen) atoms. The molecule has 1 atom stereocenters. The maximum Gasteiger partial charge on any atom is 0.239 e. The third-order valence-corrected chi connectivity index (χ3v) is 4.90. The van der Waals surface area contributed by atoms with Crippen LogP contribution in [-0.4, -0.2) is 22.1 Å². The molecule has 0 bridgehead atoms. The molecule has 136 valence electrons. The van der Waals surface area contributed by atoms with Crippen LogP contribution in [-0.2, 0) is 11.3 Å². The SMILES string of the molecule is O=C(CCl)Nc1ccc(C(=O)C2Nc3ccccc3Cn3cccc32)cc1. The molecule has 0 saturated heterocycles. The van der Waals surface area contributed by atoms with Crippen molar-refractivity contribution in [1.82, 2.24) is 4.57 Å². The molecular formula is C21H18ClN3O2. The van der Waals surface area contributed by atoms with Crippen molar-refractivity contribution in [2.45, 2.75) is 12.6 Å². The summed E-state index contributed by atoms with van der Waals surface area (Å²) in [4.78, 5) is 24.6. The average molecular weight is 380 g/mol. The number of hydrogen-bond donors (Lipinski definition) is 2. The van der Waals surface area contributed by atoms with E-state index >= 15 is 0 Å². The third-order valence-electron chi connectivity index (χ3n) is 4.66. The van der Waals surface area contributed by atoms with Gasteiger partial charge in [0.25, 0.3) is 0 Å². The number of Topliss-reactive ketones (excluding diaryl/α,β-unsaturated/α-hetero) is 1. The first kappa shape index (κ1) is 17.4. The van der Waals surface area contributed by atoms with Gasteiger partial charge < -0.3 is 15.2 Å². The van der Waals surface area contributed by atoms with Gasteiger partial charge in [-0.25, -0.2) is 0 Å². The fraction of sp³-hybridized carbons (Fsp3) is 0.143. The zero-order chi connectivity index (χ0) is 18.8. The Kier molecular flexibility index (Phi) is 4.69. The van der Waals surface area contributed by atoms with E-state index in [-0.39, 0.29) is 17.6 Å². The van der Waals surface area contributed by atoms with Crippen molar-refractivity contribution < 1.29 is 9.59 Å². The quantitative estimate of drug-likeness (QED) is 0.530. The van der Waals surface area contributed by atoms with Gasteiger partial charge >= 0.3 is 0 Å². The van der Waals surface area contributed by atoms with Crippen molar-refractivity contribution in [2.24, 2.45) is 0 Å². The van der Waals surface area contributed by atoms with Crippen molar-refractivity contribution in [3.8, 4) is 0 Å². The van der Waals surface area contributed by atoms with Crippen LogP contribution in [0.15, 0.2) is 66.9 Å². The molecule has 0 saturated carbocycles. The molecule has 0 radical (unpaired) electrons. The molecule has 1 aliphatic heterocycles. The van der Waals surface area contributed by atoms with Gasteiger partial charge in [0, 0.05) is 35.4 Å². The van der Waals surface area contributed by atoms with Gasteiger partial charge in [0.2, 0.25) is 5.91 Å². The molecule has 4 rings (SSSR count). The van der Waals surface area contributed by atoms with Crippen molar-refractivity contribution in [3.63, 3.8) is 0 Å². The maximum absolute atomic E-state index is 13.2. The molecule has 6 heteroatoms. The summed E-state index contributed by atoms with van der Waals surface area (Å²) in [6.45, 7) is 0.721. The van der Waals surface area contributed by atoms with Crippen LogP contribution >= 0.6 is 11.6 Å². The summed E-state index contributed by atoms with van der Waals surface area (Å²) in [6.07, 6.45) is 1.99. The first-order valence-electron chi connectivity index (χ1n) is 8.65. The minimum Gasteiger partial charge on any atom is -0.370 e. The minimum atomic E-state index is -0.480. The van der Waals surface area contributed by atoms with E-state index in [0.29, 0.717) is 11.3 Å². The van der Waals surface area contributed by atoms with Gasteiger partial charge in [-0.2, -0.15) is 0 Å². The highest BCUT2D eigenvalue weighted by Crippen LogP contribution is 2.31. The molecule has 3 aromatic rings. The summed E-state index contributed by atoms with van der Waals surface area (Å²) in [6, 6.07) is 18.3. The van der Waals surface area contributed by atoms with Gasteiger partial charge in [-0.1, -0.05) is 18.2 Å². The van der Waals surface area contributed by atoms with Crippen molar-refractivity contribution >= 4 is 34.7 Å². The number of aromatic nitrogens is 1. The van der Waals surface area contributed by atoms with Crippen molar-refractivity contribution in [2.75, 3.05) is 16.5 Å². The topological polar surface area (TPSA) is 63.1 Å². The van der Waals surface area contributed by atoms with Crippen LogP contribution in [0.25, 0.3) is 0 Å².